The molecule has 0 bridgehead atoms. The summed E-state index contributed by atoms with van der Waals surface area (Å²) in [4.78, 5) is 47.0. The topological polar surface area (TPSA) is 137 Å². The lowest BCUT2D eigenvalue weighted by molar-refractivity contribution is -0.131. The summed E-state index contributed by atoms with van der Waals surface area (Å²) >= 11 is 0. The van der Waals surface area contributed by atoms with Gasteiger partial charge in [-0.3, -0.25) is 23.9 Å². The van der Waals surface area contributed by atoms with Crippen molar-refractivity contribution in [3.05, 3.63) is 72.2 Å². The summed E-state index contributed by atoms with van der Waals surface area (Å²) in [7, 11) is 5.96. The normalized spacial score (nSPS) is 15.8. The van der Waals surface area contributed by atoms with Crippen LogP contribution in [0.5, 0.6) is 5.75 Å². The van der Waals surface area contributed by atoms with Gasteiger partial charge in [-0.15, -0.1) is 0 Å². The molecule has 224 valence electrons. The summed E-state index contributed by atoms with van der Waals surface area (Å²) < 4.78 is 33.6. The van der Waals surface area contributed by atoms with Gasteiger partial charge in [-0.2, -0.15) is 5.26 Å². The lowest BCUT2D eigenvalue weighted by Crippen LogP contribution is -2.43. The Labute approximate surface area is 247 Å². The number of aromatic nitrogens is 2. The summed E-state index contributed by atoms with van der Waals surface area (Å²) in [6, 6.07) is 12.4. The van der Waals surface area contributed by atoms with Crippen molar-refractivity contribution in [1.29, 1.82) is 5.26 Å². The van der Waals surface area contributed by atoms with E-state index in [1.165, 1.54) is 24.7 Å². The van der Waals surface area contributed by atoms with Gasteiger partial charge >= 0.3 is 0 Å². The maximum Gasteiger partial charge on any atom is 0.268 e. The van der Waals surface area contributed by atoms with Gasteiger partial charge in [0.15, 0.2) is 0 Å². The van der Waals surface area contributed by atoms with Gasteiger partial charge in [0.2, 0.25) is 11.7 Å². The van der Waals surface area contributed by atoms with Crippen LogP contribution in [0, 0.1) is 11.3 Å². The van der Waals surface area contributed by atoms with Crippen LogP contribution in [0.1, 0.15) is 27.1 Å². The number of benzene rings is 1. The molecule has 1 fully saturated rings. The number of hydrogen-bond acceptors (Lipinski definition) is 7. The first-order valence-corrected chi connectivity index (χ1v) is 13.5. The lowest BCUT2D eigenvalue weighted by atomic mass is 10.0. The van der Waals surface area contributed by atoms with Gasteiger partial charge in [-0.1, -0.05) is 12.1 Å². The van der Waals surface area contributed by atoms with Crippen molar-refractivity contribution in [2.75, 3.05) is 47.4 Å². The van der Waals surface area contributed by atoms with E-state index in [4.69, 9.17) is 10.00 Å². The number of nitrogens with zero attached hydrogens (tertiary/aromatic N) is 5. The first-order chi connectivity index (χ1) is 20.4. The SMILES string of the molecule is C[N+](C)(C)c1ccc(C(=O)NCCOc2ccc(-c3cnccc3C(=O)NCC(=O)N3CC(F)(F)C[C@H]3C#N)cc2)cn1. The molecule has 1 aliphatic rings. The minimum atomic E-state index is -3.14. The molecule has 0 radical (unpaired) electrons. The van der Waals surface area contributed by atoms with Crippen molar-refractivity contribution in [2.45, 2.75) is 18.4 Å². The molecule has 3 heterocycles. The van der Waals surface area contributed by atoms with E-state index in [1.807, 2.05) is 27.2 Å². The van der Waals surface area contributed by atoms with E-state index in [0.717, 1.165) is 10.7 Å². The van der Waals surface area contributed by atoms with E-state index in [1.54, 1.807) is 36.4 Å². The number of ether oxygens (including phenoxy) is 1. The van der Waals surface area contributed by atoms with Crippen molar-refractivity contribution in [1.82, 2.24) is 30.0 Å². The van der Waals surface area contributed by atoms with Crippen LogP contribution in [0.3, 0.4) is 0 Å². The van der Waals surface area contributed by atoms with Crippen LogP contribution in [0.15, 0.2) is 61.1 Å². The molecule has 1 saturated heterocycles. The van der Waals surface area contributed by atoms with E-state index in [2.05, 4.69) is 20.6 Å². The Bertz CT molecular complexity index is 1520. The molecule has 2 aromatic heterocycles. The maximum atomic E-state index is 13.7. The molecular weight excluding hydrogens is 560 g/mol. The molecule has 11 nitrogen and oxygen atoms in total. The van der Waals surface area contributed by atoms with Gasteiger partial charge in [-0.05, 0) is 29.8 Å². The van der Waals surface area contributed by atoms with Crippen LogP contribution in [-0.4, -0.2) is 91.9 Å². The predicted octanol–water partition coefficient (Wildman–Crippen LogP) is 2.64. The summed E-state index contributed by atoms with van der Waals surface area (Å²) in [6.45, 7) is -0.896. The van der Waals surface area contributed by atoms with Crippen LogP contribution in [0.2, 0.25) is 0 Å². The monoisotopic (exact) mass is 592 g/mol. The van der Waals surface area contributed by atoms with E-state index >= 15 is 0 Å². The molecular formula is C30H32F2N7O4+. The third kappa shape index (κ3) is 7.87. The minimum absolute atomic E-state index is 0.222. The van der Waals surface area contributed by atoms with Crippen LogP contribution >= 0.6 is 0 Å². The second-order valence-corrected chi connectivity index (χ2v) is 10.9. The highest BCUT2D eigenvalue weighted by atomic mass is 19.3. The van der Waals surface area contributed by atoms with E-state index in [-0.39, 0.29) is 24.6 Å². The molecule has 0 spiro atoms. The number of carbonyl (C=O) groups is 3. The van der Waals surface area contributed by atoms with Crippen LogP contribution < -0.4 is 19.9 Å². The molecule has 1 aromatic carbocycles. The number of halogens is 2. The number of likely N-dealkylation sites (tertiary alicyclic amines) is 1. The Morgan fingerprint density at radius 1 is 1.07 bits per heavy atom. The maximum absolute atomic E-state index is 13.7. The quantitative estimate of drug-likeness (QED) is 0.273. The largest absolute Gasteiger partial charge is 0.492 e. The van der Waals surface area contributed by atoms with Crippen molar-refractivity contribution >= 4 is 23.5 Å². The number of nitrogens with one attached hydrogen (secondary N) is 2. The highest BCUT2D eigenvalue weighted by Crippen LogP contribution is 2.31. The number of carbonyl (C=O) groups excluding carboxylic acids is 3. The molecule has 2 N–H and O–H groups in total. The Morgan fingerprint density at radius 2 is 1.81 bits per heavy atom. The van der Waals surface area contributed by atoms with Crippen molar-refractivity contribution in [3.63, 3.8) is 0 Å². The minimum Gasteiger partial charge on any atom is -0.492 e. The third-order valence-corrected chi connectivity index (χ3v) is 6.72. The molecule has 3 amide bonds. The molecule has 43 heavy (non-hydrogen) atoms. The Morgan fingerprint density at radius 3 is 2.47 bits per heavy atom. The zero-order valence-corrected chi connectivity index (χ0v) is 24.0. The average Bonchev–Trinajstić information content (AvgIpc) is 3.32. The number of hydrogen-bond donors (Lipinski definition) is 2. The number of quaternary nitrogens is 1. The summed E-state index contributed by atoms with van der Waals surface area (Å²) in [5.41, 5.74) is 1.82. The van der Waals surface area contributed by atoms with Crippen LogP contribution in [-0.2, 0) is 4.79 Å². The van der Waals surface area contributed by atoms with Gasteiger partial charge in [-0.25, -0.2) is 13.8 Å². The standard InChI is InChI=1S/C30H31F2N7O4/c1-39(2,3)26-9-6-21(16-36-26)28(41)35-12-13-43-23-7-4-20(5-8-23)25-17-34-11-10-24(25)29(42)37-18-27(40)38-19-30(31,32)14-22(38)15-33/h4-11,16-17,22H,12-14,18-19H2,1-3H3,(H-,35,37,41,42)/p+1/t22-/m0/s1. The molecule has 0 aliphatic carbocycles. The number of amides is 3. The zero-order chi connectivity index (χ0) is 31.2. The summed E-state index contributed by atoms with van der Waals surface area (Å²) in [6.07, 6.45) is 3.73. The number of nitriles is 1. The van der Waals surface area contributed by atoms with E-state index in [0.29, 0.717) is 26.9 Å². The molecule has 0 saturated carbocycles. The smallest absolute Gasteiger partial charge is 0.268 e. The molecule has 0 unspecified atom stereocenters. The van der Waals surface area contributed by atoms with Gasteiger partial charge in [0, 0.05) is 36.6 Å². The van der Waals surface area contributed by atoms with E-state index in [9.17, 15) is 23.2 Å². The van der Waals surface area contributed by atoms with Gasteiger partial charge in [0.1, 0.15) is 18.4 Å². The molecule has 4 rings (SSSR count). The predicted molar refractivity (Wildman–Crippen MR) is 154 cm³/mol. The van der Waals surface area contributed by atoms with Crippen LogP contribution in [0.4, 0.5) is 14.6 Å². The van der Waals surface area contributed by atoms with Gasteiger partial charge in [0.25, 0.3) is 17.7 Å². The fourth-order valence-electron chi connectivity index (χ4n) is 4.45. The number of pyridine rings is 2. The third-order valence-electron chi connectivity index (χ3n) is 6.72. The Balaban J connectivity index is 1.29. The van der Waals surface area contributed by atoms with E-state index < -0.39 is 43.3 Å². The second-order valence-electron chi connectivity index (χ2n) is 10.9. The van der Waals surface area contributed by atoms with Crippen molar-refractivity contribution < 1.29 is 27.9 Å². The second kappa shape index (κ2) is 12.9. The number of alkyl halides is 2. The fraction of sp³-hybridized carbons (Fsp3) is 0.333. The molecule has 1 aliphatic heterocycles. The highest BCUT2D eigenvalue weighted by Gasteiger charge is 2.47. The van der Waals surface area contributed by atoms with Gasteiger partial charge in [0.05, 0.1) is 58.0 Å². The number of rotatable bonds is 10. The fourth-order valence-corrected chi connectivity index (χ4v) is 4.45. The molecule has 13 heteroatoms. The summed E-state index contributed by atoms with van der Waals surface area (Å²) in [5.74, 6) is -3.38. The zero-order valence-electron chi connectivity index (χ0n) is 24.0. The molecule has 3 aromatic rings. The Hall–Kier alpha value is -4.96. The molecule has 1 atom stereocenters. The average molecular weight is 593 g/mol. The van der Waals surface area contributed by atoms with Crippen LogP contribution in [0.25, 0.3) is 11.1 Å². The lowest BCUT2D eigenvalue weighted by Gasteiger charge is -2.21. The van der Waals surface area contributed by atoms with Gasteiger partial charge < -0.3 is 20.3 Å². The first-order valence-electron chi connectivity index (χ1n) is 13.5. The highest BCUT2D eigenvalue weighted by molar-refractivity contribution is 6.02. The summed E-state index contributed by atoms with van der Waals surface area (Å²) in [5, 5.41) is 14.4. The van der Waals surface area contributed by atoms with Crippen molar-refractivity contribution in [3.8, 4) is 22.9 Å². The first kappa shape index (κ1) is 31.0. The van der Waals surface area contributed by atoms with Crippen molar-refractivity contribution in [2.24, 2.45) is 0 Å². The Kier molecular flexibility index (Phi) is 9.30.